The van der Waals surface area contributed by atoms with Gasteiger partial charge in [-0.1, -0.05) is 0 Å². The van der Waals surface area contributed by atoms with Gasteiger partial charge in [0.05, 0.1) is 11.9 Å². The Balaban J connectivity index is 2.42. The molecular formula is C9H8N2OS. The maximum absolute atomic E-state index is 10.8. The molecule has 0 aromatic carbocycles. The molecule has 1 amide bonds. The summed E-state index contributed by atoms with van der Waals surface area (Å²) < 4.78 is 0. The molecule has 0 aliphatic carbocycles. The highest BCUT2D eigenvalue weighted by Crippen LogP contribution is 2.20. The lowest BCUT2D eigenvalue weighted by Gasteiger charge is -1.99. The minimum absolute atomic E-state index is 0.0728. The molecule has 4 heteroatoms. The van der Waals surface area contributed by atoms with E-state index in [-0.39, 0.29) is 5.91 Å². The van der Waals surface area contributed by atoms with Gasteiger partial charge in [-0.25, -0.2) is 4.98 Å². The second-order valence-corrected chi connectivity index (χ2v) is 3.61. The number of aromatic nitrogens is 1. The molecule has 0 bridgehead atoms. The van der Waals surface area contributed by atoms with Gasteiger partial charge in [-0.15, -0.1) is 11.3 Å². The number of rotatable bonds is 1. The number of amides is 1. The number of thiophene rings is 1. The maximum atomic E-state index is 10.8. The zero-order valence-electron chi connectivity index (χ0n) is 7.07. The van der Waals surface area contributed by atoms with Crippen molar-refractivity contribution in [3.8, 4) is 0 Å². The third-order valence-electron chi connectivity index (χ3n) is 1.63. The zero-order chi connectivity index (χ0) is 9.26. The standard InChI is InChI=1S/C9H8N2OS/c1-6(12)11-8-4-7-2-3-13-9(7)10-5-8/h2-5H,1H3,(H,11,12). The summed E-state index contributed by atoms with van der Waals surface area (Å²) in [5.41, 5.74) is 0.749. The molecule has 2 aromatic heterocycles. The Morgan fingerprint density at radius 2 is 2.46 bits per heavy atom. The summed E-state index contributed by atoms with van der Waals surface area (Å²) in [5, 5.41) is 5.74. The summed E-state index contributed by atoms with van der Waals surface area (Å²) in [5.74, 6) is -0.0728. The fourth-order valence-corrected chi connectivity index (χ4v) is 1.85. The number of anilines is 1. The molecule has 2 rings (SSSR count). The number of carbonyl (C=O) groups excluding carboxylic acids is 1. The molecular weight excluding hydrogens is 184 g/mol. The van der Waals surface area contributed by atoms with Gasteiger partial charge in [0.25, 0.3) is 0 Å². The van der Waals surface area contributed by atoms with E-state index < -0.39 is 0 Å². The lowest BCUT2D eigenvalue weighted by Crippen LogP contribution is -2.05. The minimum atomic E-state index is -0.0728. The van der Waals surface area contributed by atoms with Crippen LogP contribution < -0.4 is 5.32 Å². The third-order valence-corrected chi connectivity index (χ3v) is 2.46. The lowest BCUT2D eigenvalue weighted by molar-refractivity contribution is -0.114. The summed E-state index contributed by atoms with van der Waals surface area (Å²) in [4.78, 5) is 15.9. The van der Waals surface area contributed by atoms with Crippen LogP contribution in [0.15, 0.2) is 23.7 Å². The van der Waals surface area contributed by atoms with Gasteiger partial charge in [-0.2, -0.15) is 0 Å². The first-order valence-corrected chi connectivity index (χ1v) is 4.74. The summed E-state index contributed by atoms with van der Waals surface area (Å²) in [6.07, 6.45) is 1.67. The summed E-state index contributed by atoms with van der Waals surface area (Å²) in [6.45, 7) is 1.48. The summed E-state index contributed by atoms with van der Waals surface area (Å²) in [6, 6.07) is 3.90. The molecule has 0 aliphatic rings. The SMILES string of the molecule is CC(=O)Nc1cnc2sccc2c1. The molecule has 0 fully saturated rings. The van der Waals surface area contributed by atoms with Crippen molar-refractivity contribution >= 4 is 33.1 Å². The third kappa shape index (κ3) is 1.67. The maximum Gasteiger partial charge on any atom is 0.221 e. The van der Waals surface area contributed by atoms with Gasteiger partial charge in [-0.3, -0.25) is 4.79 Å². The normalized spacial score (nSPS) is 10.2. The average Bonchev–Trinajstić information content (AvgIpc) is 2.49. The zero-order valence-corrected chi connectivity index (χ0v) is 7.89. The van der Waals surface area contributed by atoms with Gasteiger partial charge in [0.2, 0.25) is 5.91 Å². The number of carbonyl (C=O) groups is 1. The van der Waals surface area contributed by atoms with Gasteiger partial charge in [0, 0.05) is 12.3 Å². The molecule has 2 heterocycles. The number of nitrogens with one attached hydrogen (secondary N) is 1. The molecule has 2 aromatic rings. The molecule has 66 valence electrons. The topological polar surface area (TPSA) is 42.0 Å². The predicted octanol–water partition coefficient (Wildman–Crippen LogP) is 2.25. The van der Waals surface area contributed by atoms with Gasteiger partial charge in [0.15, 0.2) is 0 Å². The van der Waals surface area contributed by atoms with E-state index in [0.717, 1.165) is 15.9 Å². The van der Waals surface area contributed by atoms with E-state index in [0.29, 0.717) is 0 Å². The molecule has 0 radical (unpaired) electrons. The molecule has 0 saturated carbocycles. The monoisotopic (exact) mass is 192 g/mol. The Kier molecular flexibility index (Phi) is 1.98. The van der Waals surface area contributed by atoms with Crippen LogP contribution in [0.25, 0.3) is 10.2 Å². The largest absolute Gasteiger partial charge is 0.325 e. The fourth-order valence-electron chi connectivity index (χ4n) is 1.13. The van der Waals surface area contributed by atoms with E-state index in [2.05, 4.69) is 10.3 Å². The molecule has 0 spiro atoms. The van der Waals surface area contributed by atoms with E-state index in [9.17, 15) is 4.79 Å². The summed E-state index contributed by atoms with van der Waals surface area (Å²) in [7, 11) is 0. The molecule has 0 aliphatic heterocycles. The van der Waals surface area contributed by atoms with Crippen LogP contribution in [-0.4, -0.2) is 10.9 Å². The van der Waals surface area contributed by atoms with Crippen molar-refractivity contribution in [3.63, 3.8) is 0 Å². The first kappa shape index (κ1) is 8.19. The van der Waals surface area contributed by atoms with Crippen LogP contribution in [0.3, 0.4) is 0 Å². The van der Waals surface area contributed by atoms with Crippen molar-refractivity contribution in [2.75, 3.05) is 5.32 Å². The first-order chi connectivity index (χ1) is 6.25. The summed E-state index contributed by atoms with van der Waals surface area (Å²) >= 11 is 1.59. The molecule has 1 N–H and O–H groups in total. The minimum Gasteiger partial charge on any atom is -0.325 e. The van der Waals surface area contributed by atoms with Gasteiger partial charge in [-0.05, 0) is 17.5 Å². The van der Waals surface area contributed by atoms with Crippen molar-refractivity contribution in [2.24, 2.45) is 0 Å². The average molecular weight is 192 g/mol. The van der Waals surface area contributed by atoms with Crippen molar-refractivity contribution in [1.82, 2.24) is 4.98 Å². The number of nitrogens with zero attached hydrogens (tertiary/aromatic N) is 1. The quantitative estimate of drug-likeness (QED) is 0.753. The van der Waals surface area contributed by atoms with Gasteiger partial charge in [0.1, 0.15) is 4.83 Å². The highest BCUT2D eigenvalue weighted by atomic mass is 32.1. The molecule has 0 atom stereocenters. The Labute approximate surface area is 79.4 Å². The van der Waals surface area contributed by atoms with Crippen LogP contribution in [0.5, 0.6) is 0 Å². The molecule has 0 unspecified atom stereocenters. The highest BCUT2D eigenvalue weighted by molar-refractivity contribution is 7.16. The van der Waals surface area contributed by atoms with Crippen molar-refractivity contribution in [3.05, 3.63) is 23.7 Å². The Morgan fingerprint density at radius 1 is 1.62 bits per heavy atom. The van der Waals surface area contributed by atoms with Gasteiger partial charge >= 0.3 is 0 Å². The van der Waals surface area contributed by atoms with Crippen LogP contribution in [0.1, 0.15) is 6.92 Å². The van der Waals surface area contributed by atoms with Crippen molar-refractivity contribution in [2.45, 2.75) is 6.92 Å². The van der Waals surface area contributed by atoms with Crippen molar-refractivity contribution in [1.29, 1.82) is 0 Å². The van der Waals surface area contributed by atoms with Crippen LogP contribution in [0.2, 0.25) is 0 Å². The van der Waals surface area contributed by atoms with E-state index in [1.54, 1.807) is 17.5 Å². The Morgan fingerprint density at radius 3 is 3.23 bits per heavy atom. The number of pyridine rings is 1. The van der Waals surface area contributed by atoms with E-state index in [1.807, 2.05) is 17.5 Å². The first-order valence-electron chi connectivity index (χ1n) is 3.86. The second-order valence-electron chi connectivity index (χ2n) is 2.72. The fraction of sp³-hybridized carbons (Fsp3) is 0.111. The van der Waals surface area contributed by atoms with Gasteiger partial charge < -0.3 is 5.32 Å². The molecule has 13 heavy (non-hydrogen) atoms. The van der Waals surface area contributed by atoms with E-state index in [4.69, 9.17) is 0 Å². The Bertz CT molecular complexity index is 450. The predicted molar refractivity (Wildman–Crippen MR) is 53.9 cm³/mol. The van der Waals surface area contributed by atoms with Crippen LogP contribution >= 0.6 is 11.3 Å². The second kappa shape index (κ2) is 3.14. The molecule has 0 saturated heterocycles. The van der Waals surface area contributed by atoms with E-state index in [1.165, 1.54) is 6.92 Å². The van der Waals surface area contributed by atoms with Crippen molar-refractivity contribution < 1.29 is 4.79 Å². The number of fused-ring (bicyclic) bond motifs is 1. The number of hydrogen-bond donors (Lipinski definition) is 1. The molecule has 3 nitrogen and oxygen atoms in total. The highest BCUT2D eigenvalue weighted by Gasteiger charge is 1.99. The smallest absolute Gasteiger partial charge is 0.221 e. The van der Waals surface area contributed by atoms with Crippen LogP contribution in [-0.2, 0) is 4.79 Å². The number of hydrogen-bond acceptors (Lipinski definition) is 3. The Hall–Kier alpha value is -1.42. The lowest BCUT2D eigenvalue weighted by atomic mass is 10.3. The van der Waals surface area contributed by atoms with Crippen LogP contribution in [0, 0.1) is 0 Å². The van der Waals surface area contributed by atoms with E-state index >= 15 is 0 Å². The van der Waals surface area contributed by atoms with Crippen LogP contribution in [0.4, 0.5) is 5.69 Å².